The molecule has 0 bridgehead atoms. The average Bonchev–Trinajstić information content (AvgIpc) is 2.65. The Labute approximate surface area is 74.4 Å². The molecule has 0 saturated heterocycles. The molecule has 5 heteroatoms. The van der Waals surface area contributed by atoms with E-state index >= 15 is 0 Å². The van der Waals surface area contributed by atoms with Crippen molar-refractivity contribution in [3.8, 4) is 6.07 Å². The Morgan fingerprint density at radius 3 is 3.00 bits per heavy atom. The first-order chi connectivity index (χ1) is 6.27. The molecule has 66 valence electrons. The number of nitrogens with zero attached hydrogens (tertiary/aromatic N) is 1. The van der Waals surface area contributed by atoms with Crippen LogP contribution in [0.4, 0.5) is 0 Å². The van der Waals surface area contributed by atoms with Crippen LogP contribution in [0.1, 0.15) is 5.76 Å². The predicted octanol–water partition coefficient (Wildman–Crippen LogP) is 0.176. The van der Waals surface area contributed by atoms with E-state index in [-0.39, 0.29) is 5.57 Å². The largest absolute Gasteiger partial charge is 0.465 e. The van der Waals surface area contributed by atoms with Gasteiger partial charge in [0.1, 0.15) is 17.4 Å². The van der Waals surface area contributed by atoms with Gasteiger partial charge in [0.05, 0.1) is 6.26 Å². The molecular formula is C8H7N3O2. The van der Waals surface area contributed by atoms with Crippen LogP contribution in [0.2, 0.25) is 0 Å². The summed E-state index contributed by atoms with van der Waals surface area (Å²) in [5.41, 5.74) is 1.76. The third-order valence-electron chi connectivity index (χ3n) is 1.33. The number of rotatable bonds is 2. The highest BCUT2D eigenvalue weighted by Crippen LogP contribution is 2.06. The molecule has 0 radical (unpaired) electrons. The van der Waals surface area contributed by atoms with Crippen LogP contribution in [0.5, 0.6) is 0 Å². The summed E-state index contributed by atoms with van der Waals surface area (Å²) in [5, 5.41) is 8.55. The summed E-state index contributed by atoms with van der Waals surface area (Å²) in [7, 11) is 0. The minimum absolute atomic E-state index is 0.0996. The van der Waals surface area contributed by atoms with Gasteiger partial charge in [0.15, 0.2) is 0 Å². The van der Waals surface area contributed by atoms with Gasteiger partial charge in [0.2, 0.25) is 0 Å². The molecule has 0 aliphatic heterocycles. The van der Waals surface area contributed by atoms with Crippen molar-refractivity contribution >= 4 is 12.0 Å². The zero-order chi connectivity index (χ0) is 9.68. The van der Waals surface area contributed by atoms with E-state index in [1.54, 1.807) is 18.2 Å². The molecule has 0 atom stereocenters. The van der Waals surface area contributed by atoms with E-state index in [0.29, 0.717) is 5.76 Å². The van der Waals surface area contributed by atoms with Crippen molar-refractivity contribution in [2.45, 2.75) is 0 Å². The van der Waals surface area contributed by atoms with E-state index in [9.17, 15) is 4.79 Å². The standard InChI is InChI=1S/C8H7N3O2/c9-5-6(8(12)11-10)4-7-2-1-3-13-7/h1-4H,10H2,(H,11,12)/b6-4+. The molecular weight excluding hydrogens is 170 g/mol. The van der Waals surface area contributed by atoms with Crippen LogP contribution < -0.4 is 11.3 Å². The zero-order valence-electron chi connectivity index (χ0n) is 6.65. The number of nitrogens with one attached hydrogen (secondary N) is 1. The molecule has 1 amide bonds. The van der Waals surface area contributed by atoms with Crippen LogP contribution in [0, 0.1) is 11.3 Å². The number of hydrazine groups is 1. The lowest BCUT2D eigenvalue weighted by molar-refractivity contribution is -0.117. The number of carbonyl (C=O) groups excluding carboxylic acids is 1. The smallest absolute Gasteiger partial charge is 0.275 e. The second-order valence-corrected chi connectivity index (χ2v) is 2.16. The van der Waals surface area contributed by atoms with Gasteiger partial charge in [-0.25, -0.2) is 5.84 Å². The van der Waals surface area contributed by atoms with Gasteiger partial charge < -0.3 is 4.42 Å². The fraction of sp³-hybridized carbons (Fsp3) is 0. The lowest BCUT2D eigenvalue weighted by atomic mass is 10.2. The maximum atomic E-state index is 10.9. The van der Waals surface area contributed by atoms with Crippen molar-refractivity contribution in [2.75, 3.05) is 0 Å². The fourth-order valence-electron chi connectivity index (χ4n) is 0.742. The lowest BCUT2D eigenvalue weighted by Gasteiger charge is -1.93. The lowest BCUT2D eigenvalue weighted by Crippen LogP contribution is -2.30. The van der Waals surface area contributed by atoms with Crippen molar-refractivity contribution in [1.29, 1.82) is 5.26 Å². The maximum Gasteiger partial charge on any atom is 0.275 e. The zero-order valence-corrected chi connectivity index (χ0v) is 6.65. The van der Waals surface area contributed by atoms with Crippen LogP contribution in [0.25, 0.3) is 6.08 Å². The summed E-state index contributed by atoms with van der Waals surface area (Å²) in [6.07, 6.45) is 2.75. The third kappa shape index (κ3) is 2.18. The first-order valence-corrected chi connectivity index (χ1v) is 3.44. The van der Waals surface area contributed by atoms with Gasteiger partial charge in [-0.15, -0.1) is 0 Å². The molecule has 1 heterocycles. The van der Waals surface area contributed by atoms with Crippen molar-refractivity contribution in [3.05, 3.63) is 29.7 Å². The molecule has 1 rings (SSSR count). The van der Waals surface area contributed by atoms with Gasteiger partial charge in [-0.2, -0.15) is 5.26 Å². The highest BCUT2D eigenvalue weighted by atomic mass is 16.3. The van der Waals surface area contributed by atoms with Crippen LogP contribution in [-0.4, -0.2) is 5.91 Å². The molecule has 0 aromatic carbocycles. The summed E-state index contributed by atoms with van der Waals surface area (Å²) in [6, 6.07) is 4.98. The molecule has 0 unspecified atom stereocenters. The molecule has 0 spiro atoms. The SMILES string of the molecule is N#C/C(=C\c1ccco1)C(=O)NN. The molecule has 5 nitrogen and oxygen atoms in total. The highest BCUT2D eigenvalue weighted by molar-refractivity contribution is 6.00. The van der Waals surface area contributed by atoms with Crippen molar-refractivity contribution < 1.29 is 9.21 Å². The summed E-state index contributed by atoms with van der Waals surface area (Å²) in [5.74, 6) is 4.65. The minimum atomic E-state index is -0.640. The van der Waals surface area contributed by atoms with E-state index in [1.807, 2.05) is 5.43 Å². The molecule has 0 fully saturated rings. The van der Waals surface area contributed by atoms with Crippen molar-refractivity contribution in [1.82, 2.24) is 5.43 Å². The second-order valence-electron chi connectivity index (χ2n) is 2.16. The number of nitriles is 1. The number of hydrogen-bond donors (Lipinski definition) is 2. The number of hydrogen-bond acceptors (Lipinski definition) is 4. The Hall–Kier alpha value is -2.06. The summed E-state index contributed by atoms with van der Waals surface area (Å²) in [4.78, 5) is 10.9. The summed E-state index contributed by atoms with van der Waals surface area (Å²) < 4.78 is 4.91. The molecule has 13 heavy (non-hydrogen) atoms. The number of furan rings is 1. The Balaban J connectivity index is 2.91. The molecule has 1 aromatic heterocycles. The fourth-order valence-corrected chi connectivity index (χ4v) is 0.742. The second kappa shape index (κ2) is 4.09. The van der Waals surface area contributed by atoms with E-state index in [4.69, 9.17) is 15.5 Å². The molecule has 0 saturated carbocycles. The first kappa shape index (κ1) is 9.03. The van der Waals surface area contributed by atoms with E-state index < -0.39 is 5.91 Å². The Kier molecular flexibility index (Phi) is 2.84. The van der Waals surface area contributed by atoms with E-state index in [0.717, 1.165) is 0 Å². The molecule has 0 aliphatic carbocycles. The Bertz CT molecular complexity index is 359. The van der Waals surface area contributed by atoms with Gasteiger partial charge >= 0.3 is 0 Å². The van der Waals surface area contributed by atoms with Gasteiger partial charge in [0, 0.05) is 6.08 Å². The predicted molar refractivity (Wildman–Crippen MR) is 44.6 cm³/mol. The molecule has 0 aliphatic rings. The monoisotopic (exact) mass is 177 g/mol. The Morgan fingerprint density at radius 2 is 2.54 bits per heavy atom. The van der Waals surface area contributed by atoms with Crippen LogP contribution in [-0.2, 0) is 4.79 Å². The topological polar surface area (TPSA) is 92.0 Å². The normalized spacial score (nSPS) is 10.6. The third-order valence-corrected chi connectivity index (χ3v) is 1.33. The Morgan fingerprint density at radius 1 is 1.77 bits per heavy atom. The van der Waals surface area contributed by atoms with Crippen molar-refractivity contribution in [3.63, 3.8) is 0 Å². The highest BCUT2D eigenvalue weighted by Gasteiger charge is 2.06. The average molecular weight is 177 g/mol. The van der Waals surface area contributed by atoms with E-state index in [2.05, 4.69) is 0 Å². The van der Waals surface area contributed by atoms with Gasteiger partial charge in [-0.05, 0) is 12.1 Å². The maximum absolute atomic E-state index is 10.9. The van der Waals surface area contributed by atoms with Gasteiger partial charge in [-0.3, -0.25) is 10.2 Å². The van der Waals surface area contributed by atoms with Crippen LogP contribution >= 0.6 is 0 Å². The van der Waals surface area contributed by atoms with Gasteiger partial charge in [-0.1, -0.05) is 0 Å². The first-order valence-electron chi connectivity index (χ1n) is 3.44. The van der Waals surface area contributed by atoms with Gasteiger partial charge in [0.25, 0.3) is 5.91 Å². The van der Waals surface area contributed by atoms with Crippen LogP contribution in [0.3, 0.4) is 0 Å². The number of nitrogens with two attached hydrogens (primary N) is 1. The minimum Gasteiger partial charge on any atom is -0.465 e. The van der Waals surface area contributed by atoms with Crippen molar-refractivity contribution in [2.24, 2.45) is 5.84 Å². The van der Waals surface area contributed by atoms with Crippen LogP contribution in [0.15, 0.2) is 28.4 Å². The quantitative estimate of drug-likeness (QED) is 0.221. The number of carbonyl (C=O) groups is 1. The van der Waals surface area contributed by atoms with E-state index in [1.165, 1.54) is 12.3 Å². The molecule has 1 aromatic rings. The summed E-state index contributed by atoms with van der Waals surface area (Å²) in [6.45, 7) is 0. The number of amides is 1. The molecule has 3 N–H and O–H groups in total. The summed E-state index contributed by atoms with van der Waals surface area (Å²) >= 11 is 0.